The molecular formula is C17H25N3O4. The Hall–Kier alpha value is -2.28. The first kappa shape index (κ1) is 18.1. The average Bonchev–Trinajstić information content (AvgIpc) is 2.59. The van der Waals surface area contributed by atoms with Crippen LogP contribution in [0.3, 0.4) is 0 Å². The standard InChI is InChI=1S/C17H25N3O4/c1-11(2)24-8-6-7-18-17-12-9-13(21-3)15(22-4)16(23-5)14(12)19-10-20-17/h9-11H,6-8H2,1-5H3,(H,18,19,20). The van der Waals surface area contributed by atoms with Gasteiger partial charge in [0.15, 0.2) is 11.5 Å². The molecule has 0 atom stereocenters. The fourth-order valence-electron chi connectivity index (χ4n) is 2.40. The van der Waals surface area contributed by atoms with Crippen molar-refractivity contribution in [2.45, 2.75) is 26.4 Å². The van der Waals surface area contributed by atoms with E-state index in [9.17, 15) is 0 Å². The van der Waals surface area contributed by atoms with Crippen LogP contribution >= 0.6 is 0 Å². The molecule has 24 heavy (non-hydrogen) atoms. The Morgan fingerprint density at radius 2 is 1.79 bits per heavy atom. The minimum atomic E-state index is 0.242. The fourth-order valence-corrected chi connectivity index (χ4v) is 2.40. The number of rotatable bonds is 9. The van der Waals surface area contributed by atoms with E-state index in [1.807, 2.05) is 19.9 Å². The Labute approximate surface area is 142 Å². The van der Waals surface area contributed by atoms with Gasteiger partial charge in [-0.15, -0.1) is 0 Å². The van der Waals surface area contributed by atoms with E-state index in [2.05, 4.69) is 15.3 Å². The summed E-state index contributed by atoms with van der Waals surface area (Å²) in [5.41, 5.74) is 0.672. The highest BCUT2D eigenvalue weighted by molar-refractivity contribution is 5.96. The lowest BCUT2D eigenvalue weighted by atomic mass is 10.2. The number of nitrogens with one attached hydrogen (secondary N) is 1. The van der Waals surface area contributed by atoms with Gasteiger partial charge < -0.3 is 24.3 Å². The van der Waals surface area contributed by atoms with Gasteiger partial charge in [0.05, 0.1) is 32.8 Å². The average molecular weight is 335 g/mol. The van der Waals surface area contributed by atoms with Crippen LogP contribution in [0, 0.1) is 0 Å². The van der Waals surface area contributed by atoms with E-state index in [1.165, 1.54) is 6.33 Å². The third-order valence-electron chi connectivity index (χ3n) is 3.50. The van der Waals surface area contributed by atoms with E-state index in [0.717, 1.165) is 24.2 Å². The highest BCUT2D eigenvalue weighted by Gasteiger charge is 2.19. The van der Waals surface area contributed by atoms with Gasteiger partial charge in [0.2, 0.25) is 5.75 Å². The number of hydrogen-bond donors (Lipinski definition) is 1. The zero-order chi connectivity index (χ0) is 17.5. The van der Waals surface area contributed by atoms with Crippen molar-refractivity contribution in [2.75, 3.05) is 39.8 Å². The molecule has 2 aromatic rings. The molecule has 1 N–H and O–H groups in total. The van der Waals surface area contributed by atoms with Gasteiger partial charge in [-0.2, -0.15) is 0 Å². The van der Waals surface area contributed by atoms with Gasteiger partial charge in [0.1, 0.15) is 17.7 Å². The van der Waals surface area contributed by atoms with Crippen LogP contribution in [0.1, 0.15) is 20.3 Å². The third kappa shape index (κ3) is 3.97. The second-order valence-corrected chi connectivity index (χ2v) is 5.46. The number of ether oxygens (including phenoxy) is 4. The molecule has 0 aliphatic rings. The van der Waals surface area contributed by atoms with Crippen molar-refractivity contribution in [2.24, 2.45) is 0 Å². The van der Waals surface area contributed by atoms with Gasteiger partial charge in [-0.25, -0.2) is 9.97 Å². The summed E-state index contributed by atoms with van der Waals surface area (Å²) in [7, 11) is 4.74. The maximum absolute atomic E-state index is 5.54. The molecule has 1 aromatic heterocycles. The topological polar surface area (TPSA) is 74.7 Å². The molecule has 0 aliphatic heterocycles. The number of fused-ring (bicyclic) bond motifs is 1. The highest BCUT2D eigenvalue weighted by atomic mass is 16.5. The molecule has 7 nitrogen and oxygen atoms in total. The molecule has 2 rings (SSSR count). The molecule has 0 amide bonds. The van der Waals surface area contributed by atoms with Crippen LogP contribution in [0.15, 0.2) is 12.4 Å². The smallest absolute Gasteiger partial charge is 0.205 e. The normalized spacial score (nSPS) is 10.9. The lowest BCUT2D eigenvalue weighted by Gasteiger charge is -2.16. The summed E-state index contributed by atoms with van der Waals surface area (Å²) in [6.07, 6.45) is 2.63. The summed E-state index contributed by atoms with van der Waals surface area (Å²) < 4.78 is 21.8. The molecule has 7 heteroatoms. The first-order chi connectivity index (χ1) is 11.6. The molecule has 132 valence electrons. The second kappa shape index (κ2) is 8.54. The van der Waals surface area contributed by atoms with Crippen molar-refractivity contribution in [1.29, 1.82) is 0 Å². The number of aromatic nitrogens is 2. The molecule has 1 aromatic carbocycles. The summed E-state index contributed by atoms with van der Waals surface area (Å²) in [6.45, 7) is 5.50. The summed E-state index contributed by atoms with van der Waals surface area (Å²) in [4.78, 5) is 8.66. The van der Waals surface area contributed by atoms with Crippen molar-refractivity contribution in [3.8, 4) is 17.2 Å². The van der Waals surface area contributed by atoms with Gasteiger partial charge in [-0.3, -0.25) is 0 Å². The van der Waals surface area contributed by atoms with Crippen LogP contribution in [-0.4, -0.2) is 50.6 Å². The van der Waals surface area contributed by atoms with E-state index in [-0.39, 0.29) is 6.10 Å². The molecule has 0 bridgehead atoms. The van der Waals surface area contributed by atoms with Crippen LogP contribution in [0.4, 0.5) is 5.82 Å². The van der Waals surface area contributed by atoms with Gasteiger partial charge in [-0.1, -0.05) is 0 Å². The molecule has 0 fully saturated rings. The van der Waals surface area contributed by atoms with E-state index in [0.29, 0.717) is 29.4 Å². The van der Waals surface area contributed by atoms with Crippen LogP contribution in [-0.2, 0) is 4.74 Å². The molecule has 0 saturated heterocycles. The second-order valence-electron chi connectivity index (χ2n) is 5.46. The number of nitrogens with zero attached hydrogens (tertiary/aromatic N) is 2. The van der Waals surface area contributed by atoms with Crippen LogP contribution in [0.2, 0.25) is 0 Å². The maximum atomic E-state index is 5.54. The quantitative estimate of drug-likeness (QED) is 0.706. The zero-order valence-electron chi connectivity index (χ0n) is 14.9. The van der Waals surface area contributed by atoms with Crippen molar-refractivity contribution >= 4 is 16.7 Å². The highest BCUT2D eigenvalue weighted by Crippen LogP contribution is 2.43. The Balaban J connectivity index is 2.28. The number of hydrogen-bond acceptors (Lipinski definition) is 7. The molecule has 0 aliphatic carbocycles. The molecule has 0 radical (unpaired) electrons. The zero-order valence-corrected chi connectivity index (χ0v) is 14.9. The van der Waals surface area contributed by atoms with Crippen molar-refractivity contribution < 1.29 is 18.9 Å². The molecule has 0 unspecified atom stereocenters. The first-order valence-electron chi connectivity index (χ1n) is 7.91. The van der Waals surface area contributed by atoms with Crippen LogP contribution in [0.25, 0.3) is 10.9 Å². The molecule has 0 spiro atoms. The monoisotopic (exact) mass is 335 g/mol. The van der Waals surface area contributed by atoms with Gasteiger partial charge in [0.25, 0.3) is 0 Å². The Kier molecular flexibility index (Phi) is 6.43. The van der Waals surface area contributed by atoms with Crippen molar-refractivity contribution in [1.82, 2.24) is 9.97 Å². The molecule has 1 heterocycles. The fraction of sp³-hybridized carbons (Fsp3) is 0.529. The predicted octanol–water partition coefficient (Wildman–Crippen LogP) is 2.88. The van der Waals surface area contributed by atoms with E-state index >= 15 is 0 Å². The summed E-state index contributed by atoms with van der Waals surface area (Å²) in [5.74, 6) is 2.34. The molecular weight excluding hydrogens is 310 g/mol. The molecule has 0 saturated carbocycles. The largest absolute Gasteiger partial charge is 0.493 e. The van der Waals surface area contributed by atoms with Gasteiger partial charge in [0, 0.05) is 13.2 Å². The first-order valence-corrected chi connectivity index (χ1v) is 7.91. The SMILES string of the molecule is COc1cc2c(NCCCOC(C)C)ncnc2c(OC)c1OC. The summed E-state index contributed by atoms with van der Waals surface area (Å²) in [5, 5.41) is 4.13. The number of benzene rings is 1. The van der Waals surface area contributed by atoms with Crippen LogP contribution in [0.5, 0.6) is 17.2 Å². The Morgan fingerprint density at radius 1 is 1.04 bits per heavy atom. The Bertz CT molecular complexity index is 676. The van der Waals surface area contributed by atoms with Gasteiger partial charge >= 0.3 is 0 Å². The number of anilines is 1. The van der Waals surface area contributed by atoms with Crippen molar-refractivity contribution in [3.05, 3.63) is 12.4 Å². The van der Waals surface area contributed by atoms with Gasteiger partial charge in [-0.05, 0) is 26.3 Å². The Morgan fingerprint density at radius 3 is 2.42 bits per heavy atom. The minimum Gasteiger partial charge on any atom is -0.493 e. The minimum absolute atomic E-state index is 0.242. The lowest BCUT2D eigenvalue weighted by Crippen LogP contribution is -2.10. The summed E-state index contributed by atoms with van der Waals surface area (Å²) in [6, 6.07) is 1.85. The third-order valence-corrected chi connectivity index (χ3v) is 3.50. The van der Waals surface area contributed by atoms with E-state index in [1.54, 1.807) is 21.3 Å². The van der Waals surface area contributed by atoms with E-state index in [4.69, 9.17) is 18.9 Å². The number of methoxy groups -OCH3 is 3. The van der Waals surface area contributed by atoms with Crippen molar-refractivity contribution in [3.63, 3.8) is 0 Å². The predicted molar refractivity (Wildman–Crippen MR) is 93.4 cm³/mol. The summed E-state index contributed by atoms with van der Waals surface area (Å²) >= 11 is 0. The lowest BCUT2D eigenvalue weighted by molar-refractivity contribution is 0.0787. The van der Waals surface area contributed by atoms with E-state index < -0.39 is 0 Å². The van der Waals surface area contributed by atoms with Crippen LogP contribution < -0.4 is 19.5 Å². The maximum Gasteiger partial charge on any atom is 0.205 e.